The maximum Gasteiger partial charge on any atom is 0.270 e. The van der Waals surface area contributed by atoms with Gasteiger partial charge in [-0.3, -0.25) is 9.78 Å². The fraction of sp³-hybridized carbons (Fsp3) is 0.647. The van der Waals surface area contributed by atoms with E-state index in [1.54, 1.807) is 6.20 Å². The Balaban J connectivity index is 1.45. The molecule has 1 aromatic heterocycles. The van der Waals surface area contributed by atoms with Crippen molar-refractivity contribution in [3.05, 3.63) is 29.6 Å². The second-order valence-electron chi connectivity index (χ2n) is 6.35. The van der Waals surface area contributed by atoms with Gasteiger partial charge in [0.2, 0.25) is 0 Å². The van der Waals surface area contributed by atoms with Crippen LogP contribution >= 0.6 is 0 Å². The number of likely N-dealkylation sites (tertiary alicyclic amines) is 1. The van der Waals surface area contributed by atoms with Crippen molar-refractivity contribution in [2.45, 2.75) is 44.8 Å². The molecular formula is C17H25N3O2. The first-order chi connectivity index (χ1) is 10.7. The molecular weight excluding hydrogens is 278 g/mol. The Hall–Kier alpha value is -1.46. The third-order valence-electron chi connectivity index (χ3n) is 4.63. The lowest BCUT2D eigenvalue weighted by Gasteiger charge is -2.33. The van der Waals surface area contributed by atoms with E-state index in [4.69, 9.17) is 4.74 Å². The predicted molar refractivity (Wildman–Crippen MR) is 84.9 cm³/mol. The molecule has 1 amide bonds. The van der Waals surface area contributed by atoms with Gasteiger partial charge in [-0.25, -0.2) is 0 Å². The van der Waals surface area contributed by atoms with Crippen molar-refractivity contribution in [2.24, 2.45) is 0 Å². The third kappa shape index (κ3) is 3.84. The third-order valence-corrected chi connectivity index (χ3v) is 4.63. The zero-order chi connectivity index (χ0) is 15.4. The van der Waals surface area contributed by atoms with E-state index in [0.717, 1.165) is 44.6 Å². The summed E-state index contributed by atoms with van der Waals surface area (Å²) < 4.78 is 5.70. The fourth-order valence-electron chi connectivity index (χ4n) is 3.31. The number of rotatable bonds is 4. The Bertz CT molecular complexity index is 506. The number of amides is 1. The predicted octanol–water partition coefficient (Wildman–Crippen LogP) is 1.76. The van der Waals surface area contributed by atoms with Crippen molar-refractivity contribution >= 4 is 5.91 Å². The van der Waals surface area contributed by atoms with Gasteiger partial charge in [0.25, 0.3) is 5.91 Å². The van der Waals surface area contributed by atoms with E-state index < -0.39 is 0 Å². The molecule has 0 aromatic carbocycles. The summed E-state index contributed by atoms with van der Waals surface area (Å²) in [5, 5.41) is 3.13. The molecule has 0 aliphatic carbocycles. The largest absolute Gasteiger partial charge is 0.377 e. The SMILES string of the molecule is Cc1cccnc1C(=O)NC1CCN(CC2CCCO2)CC1. The number of carbonyl (C=O) groups excluding carboxylic acids is 1. The molecule has 1 atom stereocenters. The summed E-state index contributed by atoms with van der Waals surface area (Å²) in [6, 6.07) is 4.04. The molecule has 22 heavy (non-hydrogen) atoms. The van der Waals surface area contributed by atoms with Gasteiger partial charge in [-0.05, 0) is 44.2 Å². The molecule has 3 rings (SSSR count). The van der Waals surface area contributed by atoms with Gasteiger partial charge in [-0.1, -0.05) is 6.07 Å². The number of piperidine rings is 1. The number of hydrogen-bond acceptors (Lipinski definition) is 4. The summed E-state index contributed by atoms with van der Waals surface area (Å²) in [5.41, 5.74) is 1.47. The zero-order valence-corrected chi connectivity index (χ0v) is 13.3. The minimum atomic E-state index is -0.0457. The molecule has 1 unspecified atom stereocenters. The Morgan fingerprint density at radius 3 is 2.91 bits per heavy atom. The average molecular weight is 303 g/mol. The summed E-state index contributed by atoms with van der Waals surface area (Å²) >= 11 is 0. The lowest BCUT2D eigenvalue weighted by atomic mass is 10.0. The zero-order valence-electron chi connectivity index (χ0n) is 13.3. The standard InChI is InChI=1S/C17H25N3O2/c1-13-4-2-8-18-16(13)17(21)19-14-6-9-20(10-7-14)12-15-5-3-11-22-15/h2,4,8,14-15H,3,5-7,9-12H2,1H3,(H,19,21). The van der Waals surface area contributed by atoms with Crippen LogP contribution < -0.4 is 5.32 Å². The summed E-state index contributed by atoms with van der Waals surface area (Å²) in [6.45, 7) is 5.95. The lowest BCUT2D eigenvalue weighted by molar-refractivity contribution is 0.0612. The van der Waals surface area contributed by atoms with Gasteiger partial charge >= 0.3 is 0 Å². The minimum Gasteiger partial charge on any atom is -0.377 e. The number of aromatic nitrogens is 1. The molecule has 3 heterocycles. The fourth-order valence-corrected chi connectivity index (χ4v) is 3.31. The number of aryl methyl sites for hydroxylation is 1. The average Bonchev–Trinajstić information content (AvgIpc) is 3.02. The van der Waals surface area contributed by atoms with Crippen molar-refractivity contribution in [1.82, 2.24) is 15.2 Å². The van der Waals surface area contributed by atoms with E-state index in [9.17, 15) is 4.79 Å². The normalized spacial score (nSPS) is 23.6. The molecule has 120 valence electrons. The van der Waals surface area contributed by atoms with Gasteiger partial charge in [0.1, 0.15) is 5.69 Å². The molecule has 5 nitrogen and oxygen atoms in total. The van der Waals surface area contributed by atoms with Crippen LogP contribution in [0.15, 0.2) is 18.3 Å². The number of nitrogens with one attached hydrogen (secondary N) is 1. The lowest BCUT2D eigenvalue weighted by Crippen LogP contribution is -2.46. The van der Waals surface area contributed by atoms with Crippen LogP contribution in [0.1, 0.15) is 41.7 Å². The molecule has 0 spiro atoms. The van der Waals surface area contributed by atoms with E-state index >= 15 is 0 Å². The van der Waals surface area contributed by atoms with Gasteiger partial charge in [-0.15, -0.1) is 0 Å². The molecule has 0 radical (unpaired) electrons. The monoisotopic (exact) mass is 303 g/mol. The first kappa shape index (κ1) is 15.4. The number of ether oxygens (including phenoxy) is 1. The highest BCUT2D eigenvalue weighted by Gasteiger charge is 2.25. The molecule has 0 saturated carbocycles. The Labute approximate surface area is 132 Å². The summed E-state index contributed by atoms with van der Waals surface area (Å²) in [4.78, 5) is 18.9. The maximum absolute atomic E-state index is 12.3. The van der Waals surface area contributed by atoms with Crippen LogP contribution in [0.2, 0.25) is 0 Å². The number of pyridine rings is 1. The van der Waals surface area contributed by atoms with Crippen molar-refractivity contribution in [3.63, 3.8) is 0 Å². The first-order valence-electron chi connectivity index (χ1n) is 8.29. The topological polar surface area (TPSA) is 54.5 Å². The van der Waals surface area contributed by atoms with Crippen LogP contribution in [0.5, 0.6) is 0 Å². The van der Waals surface area contributed by atoms with Crippen LogP contribution in [0, 0.1) is 6.92 Å². The minimum absolute atomic E-state index is 0.0457. The number of hydrogen-bond donors (Lipinski definition) is 1. The number of nitrogens with zero attached hydrogens (tertiary/aromatic N) is 2. The van der Waals surface area contributed by atoms with Crippen molar-refractivity contribution in [3.8, 4) is 0 Å². The molecule has 2 saturated heterocycles. The van der Waals surface area contributed by atoms with Gasteiger partial charge < -0.3 is 15.0 Å². The first-order valence-corrected chi connectivity index (χ1v) is 8.29. The smallest absolute Gasteiger partial charge is 0.270 e. The van der Waals surface area contributed by atoms with Crippen LogP contribution in [0.4, 0.5) is 0 Å². The van der Waals surface area contributed by atoms with Crippen LogP contribution in [0.25, 0.3) is 0 Å². The second kappa shape index (κ2) is 7.20. The van der Waals surface area contributed by atoms with E-state index in [-0.39, 0.29) is 11.9 Å². The Morgan fingerprint density at radius 1 is 1.41 bits per heavy atom. The van der Waals surface area contributed by atoms with Crippen molar-refractivity contribution in [2.75, 3.05) is 26.2 Å². The van der Waals surface area contributed by atoms with Crippen molar-refractivity contribution < 1.29 is 9.53 Å². The van der Waals surface area contributed by atoms with Crippen LogP contribution in [-0.4, -0.2) is 54.2 Å². The molecule has 2 aliphatic heterocycles. The molecule has 5 heteroatoms. The van der Waals surface area contributed by atoms with Gasteiger partial charge in [0, 0.05) is 38.5 Å². The molecule has 1 aromatic rings. The van der Waals surface area contributed by atoms with E-state index in [2.05, 4.69) is 15.2 Å². The molecule has 0 bridgehead atoms. The summed E-state index contributed by atoms with van der Waals surface area (Å²) in [6.07, 6.45) is 6.49. The van der Waals surface area contributed by atoms with E-state index in [1.807, 2.05) is 19.1 Å². The molecule has 2 fully saturated rings. The van der Waals surface area contributed by atoms with E-state index in [1.165, 1.54) is 12.8 Å². The van der Waals surface area contributed by atoms with Gasteiger partial charge in [0.05, 0.1) is 6.10 Å². The summed E-state index contributed by atoms with van der Waals surface area (Å²) in [7, 11) is 0. The highest BCUT2D eigenvalue weighted by molar-refractivity contribution is 5.93. The quantitative estimate of drug-likeness (QED) is 0.921. The highest BCUT2D eigenvalue weighted by Crippen LogP contribution is 2.17. The van der Waals surface area contributed by atoms with Crippen LogP contribution in [-0.2, 0) is 4.74 Å². The Morgan fingerprint density at radius 2 is 2.23 bits per heavy atom. The molecule has 2 aliphatic rings. The maximum atomic E-state index is 12.3. The highest BCUT2D eigenvalue weighted by atomic mass is 16.5. The molecule has 1 N–H and O–H groups in total. The Kier molecular flexibility index (Phi) is 5.05. The van der Waals surface area contributed by atoms with Gasteiger partial charge in [-0.2, -0.15) is 0 Å². The second-order valence-corrected chi connectivity index (χ2v) is 6.35. The van der Waals surface area contributed by atoms with Gasteiger partial charge in [0.15, 0.2) is 0 Å². The summed E-state index contributed by atoms with van der Waals surface area (Å²) in [5.74, 6) is -0.0457. The van der Waals surface area contributed by atoms with Crippen molar-refractivity contribution in [1.29, 1.82) is 0 Å². The van der Waals surface area contributed by atoms with Crippen LogP contribution in [0.3, 0.4) is 0 Å². The van der Waals surface area contributed by atoms with E-state index in [0.29, 0.717) is 11.8 Å². The number of carbonyl (C=O) groups is 1.